The van der Waals surface area contributed by atoms with Crippen LogP contribution < -0.4 is 20.1 Å². The van der Waals surface area contributed by atoms with Gasteiger partial charge < -0.3 is 25.0 Å². The van der Waals surface area contributed by atoms with E-state index in [-0.39, 0.29) is 30.5 Å². The summed E-state index contributed by atoms with van der Waals surface area (Å²) < 4.78 is 37.5. The molecule has 1 unspecified atom stereocenters. The van der Waals surface area contributed by atoms with Crippen LogP contribution in [0.25, 0.3) is 0 Å². The molecule has 3 rings (SSSR count). The van der Waals surface area contributed by atoms with Gasteiger partial charge in [0.2, 0.25) is 17.7 Å². The second kappa shape index (κ2) is 13.0. The van der Waals surface area contributed by atoms with Crippen LogP contribution in [0.2, 0.25) is 0 Å². The van der Waals surface area contributed by atoms with Crippen LogP contribution in [0.4, 0.5) is 14.5 Å². The van der Waals surface area contributed by atoms with E-state index in [1.807, 2.05) is 11.0 Å². The molecule has 1 saturated heterocycles. The molecule has 0 aromatic heterocycles. The van der Waals surface area contributed by atoms with Crippen molar-refractivity contribution in [2.24, 2.45) is 0 Å². The minimum absolute atomic E-state index is 0.000383. The molecule has 0 spiro atoms. The third-order valence-corrected chi connectivity index (χ3v) is 6.04. The molecule has 2 aromatic rings. The average molecular weight is 519 g/mol. The molecule has 0 bridgehead atoms. The summed E-state index contributed by atoms with van der Waals surface area (Å²) in [5, 5.41) is 5.20. The maximum Gasteiger partial charge on any atom is 0.245 e. The molecule has 1 aliphatic rings. The van der Waals surface area contributed by atoms with E-state index >= 15 is 0 Å². The molecule has 0 aliphatic carbocycles. The summed E-state index contributed by atoms with van der Waals surface area (Å²) >= 11 is 0. The van der Waals surface area contributed by atoms with Gasteiger partial charge in [0.15, 0.2) is 11.5 Å². The lowest BCUT2D eigenvalue weighted by atomic mass is 10.0. The highest BCUT2D eigenvalue weighted by Crippen LogP contribution is 2.28. The Balaban J connectivity index is 1.61. The molecule has 1 fully saturated rings. The molecule has 11 heteroatoms. The third kappa shape index (κ3) is 7.88. The number of hydrogen-bond acceptors (Lipinski definition) is 6. The Hall–Kier alpha value is -3.73. The average Bonchev–Trinajstić information content (AvgIpc) is 3.10. The first kappa shape index (κ1) is 27.9. The van der Waals surface area contributed by atoms with E-state index in [1.165, 1.54) is 27.2 Å². The summed E-state index contributed by atoms with van der Waals surface area (Å²) in [6.07, 6.45) is 0.887. The molecule has 3 amide bonds. The number of hydrogen-bond donors (Lipinski definition) is 2. The SMILES string of the molecule is COc1ccc(CC(NC(C)=O)C(=O)N2CCCN(CC(=O)Nc3ccc(F)cc3F)CC2)cc1OC. The largest absolute Gasteiger partial charge is 0.493 e. The van der Waals surface area contributed by atoms with Gasteiger partial charge in [-0.05, 0) is 36.2 Å². The van der Waals surface area contributed by atoms with Gasteiger partial charge in [-0.1, -0.05) is 6.07 Å². The summed E-state index contributed by atoms with van der Waals surface area (Å²) in [5.74, 6) is -1.46. The first-order chi connectivity index (χ1) is 17.7. The molecule has 9 nitrogen and oxygen atoms in total. The fourth-order valence-corrected chi connectivity index (χ4v) is 4.24. The number of carbonyl (C=O) groups is 3. The van der Waals surface area contributed by atoms with Crippen molar-refractivity contribution in [2.75, 3.05) is 52.3 Å². The topological polar surface area (TPSA) is 100 Å². The lowest BCUT2D eigenvalue weighted by Gasteiger charge is -2.27. The molecule has 2 aromatic carbocycles. The maximum atomic E-state index is 13.8. The number of ether oxygens (including phenoxy) is 2. The van der Waals surface area contributed by atoms with Gasteiger partial charge in [-0.3, -0.25) is 19.3 Å². The third-order valence-electron chi connectivity index (χ3n) is 6.04. The van der Waals surface area contributed by atoms with Gasteiger partial charge in [-0.2, -0.15) is 0 Å². The predicted octanol–water partition coefficient (Wildman–Crippen LogP) is 2.20. The molecule has 200 valence electrons. The number of anilines is 1. The monoisotopic (exact) mass is 518 g/mol. The van der Waals surface area contributed by atoms with Crippen LogP contribution in [0.3, 0.4) is 0 Å². The van der Waals surface area contributed by atoms with Crippen molar-refractivity contribution < 1.29 is 32.6 Å². The standard InChI is InChI=1S/C26H32F2N4O5/c1-17(33)29-22(13-18-5-8-23(36-2)24(14-18)37-3)26(35)32-10-4-9-31(11-12-32)16-25(34)30-21-7-6-19(27)15-20(21)28/h5-8,14-15,22H,4,9-13,16H2,1-3H3,(H,29,33)(H,30,34). The van der Waals surface area contributed by atoms with Crippen LogP contribution in [0.5, 0.6) is 11.5 Å². The highest BCUT2D eigenvalue weighted by molar-refractivity contribution is 5.92. The smallest absolute Gasteiger partial charge is 0.245 e. The molecule has 1 heterocycles. The summed E-state index contributed by atoms with van der Waals surface area (Å²) in [6, 6.07) is 7.51. The predicted molar refractivity (Wildman–Crippen MR) is 133 cm³/mol. The van der Waals surface area contributed by atoms with E-state index in [4.69, 9.17) is 9.47 Å². The number of amides is 3. The number of nitrogens with one attached hydrogen (secondary N) is 2. The number of benzene rings is 2. The number of nitrogens with zero attached hydrogens (tertiary/aromatic N) is 2. The minimum Gasteiger partial charge on any atom is -0.493 e. The molecular formula is C26H32F2N4O5. The fourth-order valence-electron chi connectivity index (χ4n) is 4.24. The van der Waals surface area contributed by atoms with Gasteiger partial charge in [0, 0.05) is 45.6 Å². The van der Waals surface area contributed by atoms with Crippen molar-refractivity contribution in [3.63, 3.8) is 0 Å². The van der Waals surface area contributed by atoms with Gasteiger partial charge in [-0.15, -0.1) is 0 Å². The number of halogens is 2. The van der Waals surface area contributed by atoms with Crippen LogP contribution in [-0.2, 0) is 20.8 Å². The van der Waals surface area contributed by atoms with E-state index in [9.17, 15) is 23.2 Å². The normalized spacial score (nSPS) is 14.9. The Morgan fingerprint density at radius 2 is 1.73 bits per heavy atom. The van der Waals surface area contributed by atoms with E-state index < -0.39 is 23.6 Å². The highest BCUT2D eigenvalue weighted by atomic mass is 19.1. The van der Waals surface area contributed by atoms with E-state index in [0.29, 0.717) is 50.2 Å². The number of methoxy groups -OCH3 is 2. The molecule has 0 saturated carbocycles. The van der Waals surface area contributed by atoms with Crippen LogP contribution >= 0.6 is 0 Å². The van der Waals surface area contributed by atoms with Crippen molar-refractivity contribution in [2.45, 2.75) is 25.8 Å². The zero-order valence-corrected chi connectivity index (χ0v) is 21.2. The van der Waals surface area contributed by atoms with E-state index in [2.05, 4.69) is 10.6 Å². The number of rotatable bonds is 9. The van der Waals surface area contributed by atoms with E-state index in [1.54, 1.807) is 17.0 Å². The second-order valence-electron chi connectivity index (χ2n) is 8.77. The fraction of sp³-hybridized carbons (Fsp3) is 0.423. The van der Waals surface area contributed by atoms with Crippen LogP contribution in [-0.4, -0.2) is 80.5 Å². The molecule has 2 N–H and O–H groups in total. The van der Waals surface area contributed by atoms with Gasteiger partial charge in [0.25, 0.3) is 0 Å². The first-order valence-corrected chi connectivity index (χ1v) is 11.9. The highest BCUT2D eigenvalue weighted by Gasteiger charge is 2.28. The molecule has 1 aliphatic heterocycles. The number of carbonyl (C=O) groups excluding carboxylic acids is 3. The zero-order chi connectivity index (χ0) is 26.9. The lowest BCUT2D eigenvalue weighted by Crippen LogP contribution is -2.50. The van der Waals surface area contributed by atoms with Gasteiger partial charge >= 0.3 is 0 Å². The quantitative estimate of drug-likeness (QED) is 0.528. The zero-order valence-electron chi connectivity index (χ0n) is 21.2. The maximum absolute atomic E-state index is 13.8. The van der Waals surface area contributed by atoms with Gasteiger partial charge in [0.05, 0.1) is 26.5 Å². The minimum atomic E-state index is -0.848. The van der Waals surface area contributed by atoms with Crippen molar-refractivity contribution in [3.8, 4) is 11.5 Å². The summed E-state index contributed by atoms with van der Waals surface area (Å²) in [6.45, 7) is 3.17. The van der Waals surface area contributed by atoms with Crippen LogP contribution in [0.1, 0.15) is 18.9 Å². The van der Waals surface area contributed by atoms with Crippen LogP contribution in [0, 0.1) is 11.6 Å². The van der Waals surface area contributed by atoms with Crippen molar-refractivity contribution >= 4 is 23.4 Å². The van der Waals surface area contributed by atoms with Gasteiger partial charge in [-0.25, -0.2) is 8.78 Å². The van der Waals surface area contributed by atoms with Crippen molar-refractivity contribution in [1.29, 1.82) is 0 Å². The molecule has 0 radical (unpaired) electrons. The summed E-state index contributed by atoms with van der Waals surface area (Å²) in [5.41, 5.74) is 0.706. The van der Waals surface area contributed by atoms with Crippen molar-refractivity contribution in [1.82, 2.24) is 15.1 Å². The lowest BCUT2D eigenvalue weighted by molar-refractivity contribution is -0.136. The second-order valence-corrected chi connectivity index (χ2v) is 8.77. The van der Waals surface area contributed by atoms with Crippen molar-refractivity contribution in [3.05, 3.63) is 53.6 Å². The van der Waals surface area contributed by atoms with E-state index in [0.717, 1.165) is 11.6 Å². The Bertz CT molecular complexity index is 1130. The Morgan fingerprint density at radius 1 is 0.973 bits per heavy atom. The summed E-state index contributed by atoms with van der Waals surface area (Å²) in [7, 11) is 3.06. The van der Waals surface area contributed by atoms with Gasteiger partial charge in [0.1, 0.15) is 17.7 Å². The first-order valence-electron chi connectivity index (χ1n) is 11.9. The summed E-state index contributed by atoms with van der Waals surface area (Å²) in [4.78, 5) is 41.2. The Kier molecular flexibility index (Phi) is 9.78. The molecule has 37 heavy (non-hydrogen) atoms. The molecule has 1 atom stereocenters. The Labute approximate surface area is 214 Å². The van der Waals surface area contributed by atoms with Crippen LogP contribution in [0.15, 0.2) is 36.4 Å². The Morgan fingerprint density at radius 3 is 2.41 bits per heavy atom. The molecular weight excluding hydrogens is 486 g/mol.